The molecule has 2 atom stereocenters. The molecule has 4 nitrogen and oxygen atoms in total. The molecule has 2 aromatic rings. The molecule has 1 saturated carbocycles. The summed E-state index contributed by atoms with van der Waals surface area (Å²) in [5.74, 6) is -0.704. The molecule has 0 spiro atoms. The Morgan fingerprint density at radius 2 is 1.56 bits per heavy atom. The topological polar surface area (TPSA) is 63.2 Å². The summed E-state index contributed by atoms with van der Waals surface area (Å²) in [6.07, 6.45) is -3.09. The molecular formula is C27H33F4NO3S. The van der Waals surface area contributed by atoms with E-state index in [0.717, 1.165) is 24.0 Å². The summed E-state index contributed by atoms with van der Waals surface area (Å²) in [6, 6.07) is 9.24. The van der Waals surface area contributed by atoms with Gasteiger partial charge in [-0.2, -0.15) is 13.2 Å². The highest BCUT2D eigenvalue weighted by atomic mass is 32.2. The van der Waals surface area contributed by atoms with Gasteiger partial charge >= 0.3 is 6.18 Å². The average Bonchev–Trinajstić information content (AvgIpc) is 3.50. The lowest BCUT2D eigenvalue weighted by Crippen LogP contribution is -2.47. The summed E-state index contributed by atoms with van der Waals surface area (Å²) < 4.78 is 85.8. The molecule has 1 aliphatic rings. The van der Waals surface area contributed by atoms with Crippen molar-refractivity contribution in [2.75, 3.05) is 5.75 Å². The zero-order valence-corrected chi connectivity index (χ0v) is 21.5. The zero-order valence-electron chi connectivity index (χ0n) is 21.7. The van der Waals surface area contributed by atoms with E-state index in [2.05, 4.69) is 5.32 Å². The second-order valence-corrected chi connectivity index (χ2v) is 11.7. The molecule has 1 N–H and O–H groups in total. The molecule has 0 aliphatic heterocycles. The van der Waals surface area contributed by atoms with Crippen molar-refractivity contribution in [1.29, 1.82) is 1.12 Å². The first-order valence-electron chi connectivity index (χ1n) is 12.4. The van der Waals surface area contributed by atoms with Gasteiger partial charge < -0.3 is 0 Å². The van der Waals surface area contributed by atoms with E-state index in [-0.39, 0.29) is 36.0 Å². The van der Waals surface area contributed by atoms with E-state index in [1.807, 2.05) is 6.92 Å². The molecule has 0 unspecified atom stereocenters. The van der Waals surface area contributed by atoms with Crippen LogP contribution in [0.3, 0.4) is 0 Å². The first-order chi connectivity index (χ1) is 16.9. The molecule has 36 heavy (non-hydrogen) atoms. The van der Waals surface area contributed by atoms with Crippen LogP contribution in [0.25, 0.3) is 11.1 Å². The molecule has 0 saturated heterocycles. The van der Waals surface area contributed by atoms with Crippen LogP contribution in [0.5, 0.6) is 0 Å². The van der Waals surface area contributed by atoms with Gasteiger partial charge in [0.05, 0.1) is 11.8 Å². The van der Waals surface area contributed by atoms with E-state index >= 15 is 0 Å². The number of aryl methyl sites for hydroxylation is 1. The van der Waals surface area contributed by atoms with Gasteiger partial charge in [-0.05, 0) is 60.8 Å². The van der Waals surface area contributed by atoms with Crippen molar-refractivity contribution < 1.29 is 30.8 Å². The van der Waals surface area contributed by atoms with Crippen LogP contribution in [0, 0.1) is 5.41 Å². The maximum absolute atomic E-state index is 14.5. The molecule has 0 aromatic heterocycles. The summed E-state index contributed by atoms with van der Waals surface area (Å²) in [5, 5.41) is 2.43. The molecular weight excluding hydrogens is 494 g/mol. The summed E-state index contributed by atoms with van der Waals surface area (Å²) in [4.78, 5) is 12.9. The molecule has 3 rings (SSSR count). The van der Waals surface area contributed by atoms with E-state index in [9.17, 15) is 30.8 Å². The van der Waals surface area contributed by atoms with Crippen LogP contribution >= 0.6 is 0 Å². The molecule has 9 heteroatoms. The quantitative estimate of drug-likeness (QED) is 0.263. The van der Waals surface area contributed by atoms with Gasteiger partial charge in [-0.3, -0.25) is 10.1 Å². The van der Waals surface area contributed by atoms with Crippen LogP contribution in [0.4, 0.5) is 17.6 Å². The predicted octanol–water partition coefficient (Wildman–Crippen LogP) is 5.97. The number of rotatable bonds is 12. The summed E-state index contributed by atoms with van der Waals surface area (Å²) >= 11 is 0. The first-order valence-corrected chi connectivity index (χ1v) is 13.2. The highest BCUT2D eigenvalue weighted by molar-refractivity contribution is 7.72. The average molecular weight is 529 g/mol. The van der Waals surface area contributed by atoms with E-state index in [0.29, 0.717) is 5.56 Å². The Kier molecular flexibility index (Phi) is 8.19. The number of hydrogen-bond donors (Lipinski definition) is 2. The number of thiol groups is 1. The van der Waals surface area contributed by atoms with Gasteiger partial charge in [0.15, 0.2) is 1.12 Å². The molecule has 198 valence electrons. The summed E-state index contributed by atoms with van der Waals surface area (Å²) in [6.45, 7) is 4.41. The maximum atomic E-state index is 14.5. The number of halogens is 4. The minimum atomic E-state index is -4.70. The van der Waals surface area contributed by atoms with Crippen LogP contribution < -0.4 is 5.32 Å². The number of alkyl halides is 4. The number of hydrogen-bond acceptors (Lipinski definition) is 4. The largest absolute Gasteiger partial charge is 0.407 e. The van der Waals surface area contributed by atoms with Crippen molar-refractivity contribution in [3.63, 3.8) is 0 Å². The van der Waals surface area contributed by atoms with Crippen LogP contribution in [0.2, 0.25) is 0 Å². The van der Waals surface area contributed by atoms with Gasteiger partial charge in [0.2, 0.25) is 0 Å². The predicted molar refractivity (Wildman–Crippen MR) is 133 cm³/mol. The Labute approximate surface area is 212 Å². The van der Waals surface area contributed by atoms with Crippen molar-refractivity contribution >= 4 is 16.4 Å². The molecule has 0 heterocycles. The molecule has 2 aromatic carbocycles. The fourth-order valence-corrected chi connectivity index (χ4v) is 4.60. The Morgan fingerprint density at radius 3 is 2.00 bits per heavy atom. The van der Waals surface area contributed by atoms with Crippen LogP contribution in [-0.4, -0.2) is 39.0 Å². The standard InChI is InChI=1S/C27H33F4NO3S/c1-25(2,28)16-22(23(33)17-26(3)13-14-26)32-24(27(29,30)31)21-10-8-20(9-11-21)19-6-4-18(5-7-19)12-15-36(34)35/h4-11,22,24,32,36H,12-17H2,1-3H3/t22-,24-/m0/s1/i36D. The van der Waals surface area contributed by atoms with Crippen molar-refractivity contribution in [3.05, 3.63) is 59.7 Å². The fourth-order valence-electron chi connectivity index (χ4n) is 4.20. The van der Waals surface area contributed by atoms with Gasteiger partial charge in [0, 0.05) is 12.8 Å². The van der Waals surface area contributed by atoms with Gasteiger partial charge in [-0.15, -0.1) is 0 Å². The van der Waals surface area contributed by atoms with Gasteiger partial charge in [0.1, 0.15) is 28.1 Å². The highest BCUT2D eigenvalue weighted by Crippen LogP contribution is 2.48. The van der Waals surface area contributed by atoms with E-state index in [1.54, 1.807) is 36.4 Å². The van der Waals surface area contributed by atoms with Crippen LogP contribution in [-0.2, 0) is 21.8 Å². The van der Waals surface area contributed by atoms with Gasteiger partial charge in [-0.1, -0.05) is 55.5 Å². The minimum absolute atomic E-state index is 0.0828. The highest BCUT2D eigenvalue weighted by Gasteiger charge is 2.46. The van der Waals surface area contributed by atoms with Crippen LogP contribution in [0.15, 0.2) is 48.5 Å². The third-order valence-corrected chi connectivity index (χ3v) is 7.10. The third-order valence-electron chi connectivity index (χ3n) is 6.57. The Hall–Kier alpha value is -2.26. The molecule has 0 bridgehead atoms. The summed E-state index contributed by atoms with van der Waals surface area (Å²) in [7, 11) is -3.83. The normalized spacial score (nSPS) is 17.8. The van der Waals surface area contributed by atoms with Crippen LogP contribution in [0.1, 0.15) is 63.6 Å². The van der Waals surface area contributed by atoms with E-state index in [1.165, 1.54) is 26.0 Å². The molecule has 0 radical (unpaired) electrons. The zero-order chi connectivity index (χ0) is 27.6. The summed E-state index contributed by atoms with van der Waals surface area (Å²) in [5.41, 5.74) is -0.00851. The number of carbonyl (C=O) groups excluding carboxylic acids is 1. The number of benzene rings is 2. The number of ketones is 1. The lowest BCUT2D eigenvalue weighted by molar-refractivity contribution is -0.161. The minimum Gasteiger partial charge on any atom is -0.298 e. The Balaban J connectivity index is 1.79. The second kappa shape index (κ2) is 11.0. The third kappa shape index (κ3) is 8.40. The lowest BCUT2D eigenvalue weighted by Gasteiger charge is -2.30. The second-order valence-electron chi connectivity index (χ2n) is 10.6. The van der Waals surface area contributed by atoms with Crippen molar-refractivity contribution in [1.82, 2.24) is 5.32 Å². The fraction of sp³-hybridized carbons (Fsp3) is 0.519. The molecule has 0 amide bonds. The van der Waals surface area contributed by atoms with E-state index < -0.39 is 40.3 Å². The molecule has 1 fully saturated rings. The van der Waals surface area contributed by atoms with Crippen molar-refractivity contribution in [3.8, 4) is 11.1 Å². The monoisotopic (exact) mass is 528 g/mol. The van der Waals surface area contributed by atoms with Gasteiger partial charge in [0.25, 0.3) is 0 Å². The number of nitrogens with one attached hydrogen (secondary N) is 1. The smallest absolute Gasteiger partial charge is 0.298 e. The Bertz CT molecular complexity index is 1190. The van der Waals surface area contributed by atoms with Crippen molar-refractivity contribution in [2.45, 2.75) is 76.8 Å². The van der Waals surface area contributed by atoms with Crippen molar-refractivity contribution in [2.24, 2.45) is 5.41 Å². The lowest BCUT2D eigenvalue weighted by atomic mass is 9.90. The molecule has 1 aliphatic carbocycles. The maximum Gasteiger partial charge on any atom is 0.407 e. The van der Waals surface area contributed by atoms with Gasteiger partial charge in [-0.25, -0.2) is 12.8 Å². The number of Topliss-reactive ketones (excluding diaryl/α,β-unsaturated/α-hetero) is 1. The first kappa shape index (κ1) is 26.8. The van der Waals surface area contributed by atoms with E-state index in [4.69, 9.17) is 1.12 Å². The SMILES string of the molecule is [2H]S(=O)(=O)CCc1ccc(-c2ccc([C@H](N[C@@H](CC(C)(C)F)C(=O)CC3(C)CC3)C(F)(F)F)cc2)cc1. The number of carbonyl (C=O) groups is 1. The Morgan fingerprint density at radius 1 is 1.03 bits per heavy atom.